The lowest BCUT2D eigenvalue weighted by atomic mass is 9.98. The van der Waals surface area contributed by atoms with Gasteiger partial charge in [0.2, 0.25) is 0 Å². The van der Waals surface area contributed by atoms with E-state index < -0.39 is 5.82 Å². The molecule has 1 saturated carbocycles. The molecule has 3 aliphatic rings. The highest BCUT2D eigenvalue weighted by Gasteiger charge is 2.35. The van der Waals surface area contributed by atoms with Crippen LogP contribution >= 0.6 is 15.9 Å². The molecule has 0 amide bonds. The molecule has 2 saturated heterocycles. The molecule has 3 atom stereocenters. The molecule has 2 aromatic heterocycles. The molecule has 7 nitrogen and oxygen atoms in total. The Balaban J connectivity index is 1.36. The molecule has 4 aromatic rings. The van der Waals surface area contributed by atoms with Crippen molar-refractivity contribution in [3.63, 3.8) is 0 Å². The molecule has 4 heterocycles. The number of hydrogen-bond acceptors (Lipinski definition) is 7. The monoisotopic (exact) mass is 591 g/mol. The van der Waals surface area contributed by atoms with Gasteiger partial charge in [0.15, 0.2) is 5.82 Å². The van der Waals surface area contributed by atoms with Gasteiger partial charge >= 0.3 is 6.01 Å². The van der Waals surface area contributed by atoms with E-state index in [4.69, 9.17) is 9.72 Å². The number of halogens is 2. The second kappa shape index (κ2) is 9.86. The van der Waals surface area contributed by atoms with Crippen molar-refractivity contribution < 1.29 is 14.2 Å². The molecule has 1 N–H and O–H groups in total. The van der Waals surface area contributed by atoms with Crippen molar-refractivity contribution in [3.8, 4) is 23.0 Å². The number of aromatic nitrogens is 3. The second-order valence-corrected chi connectivity index (χ2v) is 12.1. The Labute approximate surface area is 235 Å². The Bertz CT molecular complexity index is 1570. The molecule has 2 bridgehead atoms. The van der Waals surface area contributed by atoms with E-state index in [0.29, 0.717) is 45.7 Å². The number of benzene rings is 2. The van der Waals surface area contributed by atoms with E-state index in [2.05, 4.69) is 42.7 Å². The van der Waals surface area contributed by atoms with Crippen molar-refractivity contribution in [3.05, 3.63) is 46.8 Å². The Morgan fingerprint density at radius 3 is 2.59 bits per heavy atom. The third kappa shape index (κ3) is 4.39. The number of nitrogens with zero attached hydrogens (tertiary/aromatic N) is 5. The fourth-order valence-corrected chi connectivity index (χ4v) is 7.24. The number of likely N-dealkylation sites (tertiary alicyclic amines) is 1. The topological polar surface area (TPSA) is 74.6 Å². The van der Waals surface area contributed by atoms with Gasteiger partial charge in [-0.15, -0.1) is 0 Å². The van der Waals surface area contributed by atoms with Crippen LogP contribution in [0.3, 0.4) is 0 Å². The van der Waals surface area contributed by atoms with Gasteiger partial charge in [-0.3, -0.25) is 4.98 Å². The molecule has 1 aliphatic carbocycles. The minimum Gasteiger partial charge on any atom is -0.507 e. The number of phenolic OH excluding ortho intramolecular Hbond substituents is 1. The molecule has 0 radical (unpaired) electrons. The normalized spacial score (nSPS) is 23.3. The van der Waals surface area contributed by atoms with Crippen LogP contribution in [0.25, 0.3) is 32.9 Å². The highest BCUT2D eigenvalue weighted by atomic mass is 79.9. The first-order valence-electron chi connectivity index (χ1n) is 13.8. The van der Waals surface area contributed by atoms with Crippen molar-refractivity contribution >= 4 is 43.4 Å². The van der Waals surface area contributed by atoms with Gasteiger partial charge in [0, 0.05) is 36.3 Å². The quantitative estimate of drug-likeness (QED) is 0.298. The predicted octanol–water partition coefficient (Wildman–Crippen LogP) is 6.16. The van der Waals surface area contributed by atoms with Crippen LogP contribution in [0.2, 0.25) is 0 Å². The molecule has 2 aliphatic heterocycles. The minimum atomic E-state index is -0.536. The summed E-state index contributed by atoms with van der Waals surface area (Å²) < 4.78 is 23.2. The van der Waals surface area contributed by atoms with E-state index in [1.54, 1.807) is 12.3 Å². The number of pyridine rings is 1. The molecular weight excluding hydrogens is 561 g/mol. The molecule has 2 aromatic carbocycles. The smallest absolute Gasteiger partial charge is 0.319 e. The van der Waals surface area contributed by atoms with Crippen LogP contribution in [0.4, 0.5) is 10.2 Å². The highest BCUT2D eigenvalue weighted by Crippen LogP contribution is 2.43. The number of likely N-dealkylation sites (N-methyl/N-ethyl adjacent to an activating group) is 1. The second-order valence-electron chi connectivity index (χ2n) is 11.4. The summed E-state index contributed by atoms with van der Waals surface area (Å²) in [7, 11) is 2.10. The first kappa shape index (κ1) is 25.0. The molecule has 202 valence electrons. The van der Waals surface area contributed by atoms with E-state index in [9.17, 15) is 5.11 Å². The Kier molecular flexibility index (Phi) is 6.31. The molecular formula is C30H31BrFN5O2. The van der Waals surface area contributed by atoms with Crippen LogP contribution in [-0.4, -0.2) is 64.3 Å². The summed E-state index contributed by atoms with van der Waals surface area (Å²) in [6.07, 6.45) is 7.62. The summed E-state index contributed by atoms with van der Waals surface area (Å²) >= 11 is 3.46. The van der Waals surface area contributed by atoms with Gasteiger partial charge in [0.1, 0.15) is 29.4 Å². The zero-order valence-corrected chi connectivity index (χ0v) is 23.5. The molecule has 2 unspecified atom stereocenters. The Hall–Kier alpha value is -3.04. The zero-order chi connectivity index (χ0) is 26.7. The van der Waals surface area contributed by atoms with Gasteiger partial charge in [-0.2, -0.15) is 9.97 Å². The average Bonchev–Trinajstić information content (AvgIpc) is 3.52. The van der Waals surface area contributed by atoms with Crippen molar-refractivity contribution in [2.24, 2.45) is 11.8 Å². The number of hydrogen-bond donors (Lipinski definition) is 1. The highest BCUT2D eigenvalue weighted by molar-refractivity contribution is 9.10. The summed E-state index contributed by atoms with van der Waals surface area (Å²) in [4.78, 5) is 18.6. The van der Waals surface area contributed by atoms with Crippen LogP contribution in [0, 0.1) is 17.7 Å². The summed E-state index contributed by atoms with van der Waals surface area (Å²) in [5.74, 6) is 1.47. The predicted molar refractivity (Wildman–Crippen MR) is 154 cm³/mol. The number of ether oxygens (including phenoxy) is 1. The number of phenols is 1. The fourth-order valence-electron chi connectivity index (χ4n) is 6.78. The van der Waals surface area contributed by atoms with Gasteiger partial charge in [0.25, 0.3) is 0 Å². The SMILES string of the molecule is CN1CCC[C@H]1COc1nc(N2CC3CCC(C3)C2)c2cnc(-c3cc(O)c(Br)c4ccccc34)c(F)c2n1. The third-order valence-corrected chi connectivity index (χ3v) is 9.67. The number of piperidine rings is 1. The van der Waals surface area contributed by atoms with E-state index in [1.807, 2.05) is 24.3 Å². The van der Waals surface area contributed by atoms with Gasteiger partial charge in [-0.05, 0) is 84.9 Å². The lowest BCUT2D eigenvalue weighted by Gasteiger charge is -2.33. The van der Waals surface area contributed by atoms with Crippen molar-refractivity contribution in [1.82, 2.24) is 19.9 Å². The number of fused-ring (bicyclic) bond motifs is 4. The first-order chi connectivity index (χ1) is 19.0. The Morgan fingerprint density at radius 2 is 1.85 bits per heavy atom. The number of rotatable bonds is 5. The maximum absolute atomic E-state index is 16.5. The molecule has 3 fully saturated rings. The standard InChI is InChI=1S/C30H31BrFN5O2/c1-36-10-4-5-19(36)16-39-30-34-28-23(29(35-30)37-14-17-8-9-18(11-17)15-37)13-33-27(26(28)32)22-12-24(38)25(31)21-7-3-2-6-20(21)22/h2-3,6-7,12-13,17-19,38H,4-5,8-11,14-16H2,1H3/t17?,18?,19-/m0/s1. The van der Waals surface area contributed by atoms with Crippen molar-refractivity contribution in [2.75, 3.05) is 38.2 Å². The van der Waals surface area contributed by atoms with Crippen LogP contribution in [0.5, 0.6) is 11.8 Å². The third-order valence-electron chi connectivity index (χ3n) is 8.84. The fraction of sp³-hybridized carbons (Fsp3) is 0.433. The van der Waals surface area contributed by atoms with Crippen LogP contribution in [0.15, 0.2) is 41.0 Å². The summed E-state index contributed by atoms with van der Waals surface area (Å²) in [5.41, 5.74) is 0.854. The van der Waals surface area contributed by atoms with Gasteiger partial charge in [0.05, 0.1) is 9.86 Å². The van der Waals surface area contributed by atoms with E-state index in [1.165, 1.54) is 19.3 Å². The van der Waals surface area contributed by atoms with E-state index in [-0.39, 0.29) is 23.0 Å². The first-order valence-corrected chi connectivity index (χ1v) is 14.6. The summed E-state index contributed by atoms with van der Waals surface area (Å²) in [6, 6.07) is 9.63. The summed E-state index contributed by atoms with van der Waals surface area (Å²) in [5, 5.41) is 12.8. The van der Waals surface area contributed by atoms with E-state index in [0.717, 1.165) is 43.2 Å². The average molecular weight is 593 g/mol. The van der Waals surface area contributed by atoms with Gasteiger partial charge < -0.3 is 19.6 Å². The number of aromatic hydroxyl groups is 1. The molecule has 7 rings (SSSR count). The van der Waals surface area contributed by atoms with Gasteiger partial charge in [-0.25, -0.2) is 4.39 Å². The molecule has 0 spiro atoms. The van der Waals surface area contributed by atoms with Gasteiger partial charge in [-0.1, -0.05) is 24.3 Å². The Morgan fingerprint density at radius 1 is 1.08 bits per heavy atom. The van der Waals surface area contributed by atoms with Crippen molar-refractivity contribution in [2.45, 2.75) is 38.1 Å². The lowest BCUT2D eigenvalue weighted by Crippen LogP contribution is -2.37. The minimum absolute atomic E-state index is 0.0295. The maximum Gasteiger partial charge on any atom is 0.319 e. The number of anilines is 1. The van der Waals surface area contributed by atoms with Crippen LogP contribution in [0.1, 0.15) is 32.1 Å². The maximum atomic E-state index is 16.5. The largest absolute Gasteiger partial charge is 0.507 e. The van der Waals surface area contributed by atoms with E-state index >= 15 is 4.39 Å². The van der Waals surface area contributed by atoms with Crippen LogP contribution in [-0.2, 0) is 0 Å². The summed E-state index contributed by atoms with van der Waals surface area (Å²) in [6.45, 7) is 3.33. The van der Waals surface area contributed by atoms with Crippen LogP contribution < -0.4 is 9.64 Å². The zero-order valence-electron chi connectivity index (χ0n) is 21.9. The lowest BCUT2D eigenvalue weighted by molar-refractivity contribution is 0.188. The van der Waals surface area contributed by atoms with Crippen molar-refractivity contribution in [1.29, 1.82) is 0 Å². The molecule has 39 heavy (non-hydrogen) atoms. The molecule has 9 heteroatoms.